The van der Waals surface area contributed by atoms with Crippen molar-refractivity contribution in [3.63, 3.8) is 0 Å². The molecular formula is C30H38F2N4O6. The Morgan fingerprint density at radius 3 is 2.55 bits per heavy atom. The second-order valence-electron chi connectivity index (χ2n) is 11.7. The maximum absolute atomic E-state index is 15.9. The Bertz CT molecular complexity index is 1360. The van der Waals surface area contributed by atoms with Gasteiger partial charge in [0.2, 0.25) is 11.8 Å². The first-order chi connectivity index (χ1) is 20.0. The van der Waals surface area contributed by atoms with Gasteiger partial charge in [0.1, 0.15) is 24.0 Å². The summed E-state index contributed by atoms with van der Waals surface area (Å²) in [6.45, 7) is 4.58. The molecule has 1 aromatic carbocycles. The SMILES string of the molecule is COc1ccc2nc3c(nc2c1)O[C@H]1CN(C(=O)[C@H](C)NC(=O)O[C@@H]2CCC[C@H]2CCCCC3(F)F)[C@H](C(C)=O)[C@@H]1C. The quantitative estimate of drug-likeness (QED) is 0.533. The third kappa shape index (κ3) is 5.98. The molecule has 1 aliphatic carbocycles. The van der Waals surface area contributed by atoms with E-state index in [1.165, 1.54) is 25.9 Å². The van der Waals surface area contributed by atoms with Gasteiger partial charge in [-0.15, -0.1) is 0 Å². The van der Waals surface area contributed by atoms with Crippen molar-refractivity contribution in [2.75, 3.05) is 13.7 Å². The maximum Gasteiger partial charge on any atom is 0.408 e. The molecule has 1 N–H and O–H groups in total. The fourth-order valence-electron chi connectivity index (χ4n) is 6.55. The van der Waals surface area contributed by atoms with Crippen LogP contribution in [0.1, 0.15) is 71.4 Å². The molecule has 0 radical (unpaired) electrons. The van der Waals surface area contributed by atoms with Crippen LogP contribution in [0.4, 0.5) is 13.6 Å². The number of carbonyl (C=O) groups is 3. The molecule has 1 saturated heterocycles. The average molecular weight is 589 g/mol. The van der Waals surface area contributed by atoms with Gasteiger partial charge in [-0.05, 0) is 64.0 Å². The Hall–Kier alpha value is -3.57. The third-order valence-electron chi connectivity index (χ3n) is 8.81. The van der Waals surface area contributed by atoms with Crippen molar-refractivity contribution in [2.24, 2.45) is 11.8 Å². The number of ketones is 1. The summed E-state index contributed by atoms with van der Waals surface area (Å²) < 4.78 is 48.8. The molecule has 2 fully saturated rings. The van der Waals surface area contributed by atoms with Crippen LogP contribution in [0, 0.1) is 11.8 Å². The minimum atomic E-state index is -3.35. The van der Waals surface area contributed by atoms with E-state index < -0.39 is 54.1 Å². The van der Waals surface area contributed by atoms with Crippen LogP contribution in [-0.4, -0.2) is 70.6 Å². The number of carbonyl (C=O) groups excluding carboxylic acids is 3. The van der Waals surface area contributed by atoms with E-state index in [1.807, 2.05) is 0 Å². The first-order valence-electron chi connectivity index (χ1n) is 14.7. The van der Waals surface area contributed by atoms with Gasteiger partial charge in [0.15, 0.2) is 11.5 Å². The molecule has 1 aromatic heterocycles. The van der Waals surface area contributed by atoms with E-state index in [2.05, 4.69) is 15.3 Å². The normalized spacial score (nSPS) is 30.3. The summed E-state index contributed by atoms with van der Waals surface area (Å²) in [5, 5.41) is 2.62. The molecule has 2 amide bonds. The lowest BCUT2D eigenvalue weighted by molar-refractivity contribution is -0.139. The number of halogens is 2. The first-order valence-corrected chi connectivity index (χ1v) is 14.7. The third-order valence-corrected chi connectivity index (χ3v) is 8.81. The Labute approximate surface area is 243 Å². The molecular weight excluding hydrogens is 550 g/mol. The highest BCUT2D eigenvalue weighted by molar-refractivity contribution is 5.92. The van der Waals surface area contributed by atoms with Crippen molar-refractivity contribution >= 4 is 28.8 Å². The largest absolute Gasteiger partial charge is 0.497 e. The highest BCUT2D eigenvalue weighted by Crippen LogP contribution is 2.41. The summed E-state index contributed by atoms with van der Waals surface area (Å²) in [5.41, 5.74) is 0.0186. The summed E-state index contributed by atoms with van der Waals surface area (Å²) in [6.07, 6.45) is 1.48. The van der Waals surface area contributed by atoms with E-state index in [-0.39, 0.29) is 42.2 Å². The number of hydrogen-bond donors (Lipinski definition) is 1. The van der Waals surface area contributed by atoms with Crippen molar-refractivity contribution in [1.82, 2.24) is 20.2 Å². The minimum absolute atomic E-state index is 0.0567. The van der Waals surface area contributed by atoms with Gasteiger partial charge >= 0.3 is 6.09 Å². The van der Waals surface area contributed by atoms with E-state index in [4.69, 9.17) is 14.2 Å². The Morgan fingerprint density at radius 2 is 1.81 bits per heavy atom. The number of alkyl halides is 2. The molecule has 2 bridgehead atoms. The maximum atomic E-state index is 15.9. The van der Waals surface area contributed by atoms with Crippen molar-refractivity contribution in [2.45, 2.75) is 95.9 Å². The molecule has 42 heavy (non-hydrogen) atoms. The topological polar surface area (TPSA) is 120 Å². The predicted octanol–water partition coefficient (Wildman–Crippen LogP) is 4.77. The van der Waals surface area contributed by atoms with Crippen LogP contribution in [0.15, 0.2) is 18.2 Å². The number of ether oxygens (including phenoxy) is 3. The lowest BCUT2D eigenvalue weighted by Gasteiger charge is -2.27. The fraction of sp³-hybridized carbons (Fsp3) is 0.633. The van der Waals surface area contributed by atoms with E-state index in [0.29, 0.717) is 30.5 Å². The molecule has 10 nitrogen and oxygen atoms in total. The number of rotatable bonds is 2. The standard InChI is InChI=1S/C30H38F2N4O6/c1-16-24-15-36(25(16)18(3)37)28(38)17(2)33-29(39)42-23-10-7-9-19(23)8-5-6-13-30(31,32)26-27(41-24)35-22-14-20(40-4)11-12-21(22)34-26/h11-12,14,16-17,19,23-25H,5-10,13,15H2,1-4H3,(H,33,39)/t16-,17+,19-,23-,24+,25+/m1/s1. The molecule has 1 saturated carbocycles. The molecule has 2 aliphatic heterocycles. The van der Waals surface area contributed by atoms with E-state index in [1.54, 1.807) is 25.1 Å². The number of fused-ring (bicyclic) bond motifs is 5. The summed E-state index contributed by atoms with van der Waals surface area (Å²) in [5.74, 6) is -4.45. The number of aromatic nitrogens is 2. The lowest BCUT2D eigenvalue weighted by Crippen LogP contribution is -2.51. The summed E-state index contributed by atoms with van der Waals surface area (Å²) in [4.78, 5) is 49.1. The number of alkyl carbamates (subject to hydrolysis) is 1. The zero-order valence-corrected chi connectivity index (χ0v) is 24.4. The van der Waals surface area contributed by atoms with E-state index in [0.717, 1.165) is 12.8 Å². The zero-order chi connectivity index (χ0) is 30.2. The van der Waals surface area contributed by atoms with Crippen LogP contribution in [0.2, 0.25) is 0 Å². The fourth-order valence-corrected chi connectivity index (χ4v) is 6.55. The average Bonchev–Trinajstić information content (AvgIpc) is 3.52. The molecule has 5 rings (SSSR count). The molecule has 6 atom stereocenters. The van der Waals surface area contributed by atoms with Crippen LogP contribution in [0.3, 0.4) is 0 Å². The second kappa shape index (κ2) is 12.0. The monoisotopic (exact) mass is 588 g/mol. The highest BCUT2D eigenvalue weighted by Gasteiger charge is 2.48. The van der Waals surface area contributed by atoms with E-state index >= 15 is 8.78 Å². The van der Waals surface area contributed by atoms with Crippen LogP contribution >= 0.6 is 0 Å². The smallest absolute Gasteiger partial charge is 0.408 e. The molecule has 228 valence electrons. The predicted molar refractivity (Wildman–Crippen MR) is 148 cm³/mol. The second-order valence-corrected chi connectivity index (χ2v) is 11.7. The van der Waals surface area contributed by atoms with Crippen LogP contribution in [0.25, 0.3) is 11.0 Å². The molecule has 12 heteroatoms. The summed E-state index contributed by atoms with van der Waals surface area (Å²) in [7, 11) is 1.49. The highest BCUT2D eigenvalue weighted by atomic mass is 19.3. The van der Waals surface area contributed by atoms with Gasteiger partial charge in [-0.3, -0.25) is 9.59 Å². The van der Waals surface area contributed by atoms with Crippen LogP contribution in [-0.2, 0) is 20.2 Å². The number of nitrogens with zero attached hydrogens (tertiary/aromatic N) is 3. The number of hydrogen-bond acceptors (Lipinski definition) is 8. The molecule has 3 heterocycles. The summed E-state index contributed by atoms with van der Waals surface area (Å²) in [6, 6.07) is 2.94. The molecule has 2 aromatic rings. The Kier molecular flexibility index (Phi) is 8.52. The number of benzene rings is 1. The zero-order valence-electron chi connectivity index (χ0n) is 24.4. The number of Topliss-reactive ketones (excluding diaryl/α,β-unsaturated/α-hetero) is 1. The first kappa shape index (κ1) is 29.9. The molecule has 0 spiro atoms. The minimum Gasteiger partial charge on any atom is -0.497 e. The van der Waals surface area contributed by atoms with Crippen LogP contribution < -0.4 is 14.8 Å². The van der Waals surface area contributed by atoms with Gasteiger partial charge < -0.3 is 24.4 Å². The number of nitrogens with one attached hydrogen (secondary N) is 1. The number of methoxy groups -OCH3 is 1. The number of amides is 2. The van der Waals surface area contributed by atoms with E-state index in [9.17, 15) is 14.4 Å². The van der Waals surface area contributed by atoms with Gasteiger partial charge in [0.05, 0.1) is 30.7 Å². The summed E-state index contributed by atoms with van der Waals surface area (Å²) >= 11 is 0. The lowest BCUT2D eigenvalue weighted by atomic mass is 9.96. The van der Waals surface area contributed by atoms with Gasteiger partial charge in [0.25, 0.3) is 5.92 Å². The molecule has 3 aliphatic rings. The van der Waals surface area contributed by atoms with Crippen molar-refractivity contribution < 1.29 is 37.4 Å². The van der Waals surface area contributed by atoms with Gasteiger partial charge in [-0.1, -0.05) is 13.3 Å². The molecule has 0 unspecified atom stereocenters. The van der Waals surface area contributed by atoms with Gasteiger partial charge in [-0.25, -0.2) is 14.8 Å². The Balaban J connectivity index is 1.54. The Morgan fingerprint density at radius 1 is 1.05 bits per heavy atom. The van der Waals surface area contributed by atoms with Crippen molar-refractivity contribution in [3.05, 3.63) is 23.9 Å². The van der Waals surface area contributed by atoms with Gasteiger partial charge in [0, 0.05) is 18.4 Å². The van der Waals surface area contributed by atoms with Crippen molar-refractivity contribution in [3.8, 4) is 11.6 Å². The van der Waals surface area contributed by atoms with Crippen molar-refractivity contribution in [1.29, 1.82) is 0 Å². The van der Waals surface area contributed by atoms with Crippen LogP contribution in [0.5, 0.6) is 11.6 Å². The van der Waals surface area contributed by atoms with Gasteiger partial charge in [-0.2, -0.15) is 8.78 Å².